The Kier molecular flexibility index (Phi) is 7.41. The summed E-state index contributed by atoms with van der Waals surface area (Å²) in [6.07, 6.45) is 4.58. The summed E-state index contributed by atoms with van der Waals surface area (Å²) in [7, 11) is 0. The third-order valence-corrected chi connectivity index (χ3v) is 7.48. The maximum atomic E-state index is 5.20. The van der Waals surface area contributed by atoms with Gasteiger partial charge < -0.3 is 9.13 Å². The normalized spacial score (nSPS) is 12.1. The Hall–Kier alpha value is -3.85. The molecular formula is C34H37N3. The minimum Gasteiger partial charge on any atom is -0.303 e. The van der Waals surface area contributed by atoms with Crippen LogP contribution in [0.1, 0.15) is 64.6 Å². The first-order valence-electron chi connectivity index (χ1n) is 13.4. The molecule has 188 valence electrons. The second-order valence-electron chi connectivity index (χ2n) is 10.2. The molecule has 3 nitrogen and oxygen atoms in total. The first-order chi connectivity index (χ1) is 18.0. The number of aryl methyl sites for hydroxylation is 5. The Morgan fingerprint density at radius 3 is 1.57 bits per heavy atom. The summed E-state index contributed by atoms with van der Waals surface area (Å²) in [5.74, 6) is 2.29. The molecule has 3 aromatic heterocycles. The highest BCUT2D eigenvalue weighted by Gasteiger charge is 2.19. The fourth-order valence-electron chi connectivity index (χ4n) is 5.55. The fourth-order valence-corrected chi connectivity index (χ4v) is 5.55. The molecule has 1 unspecified atom stereocenters. The predicted molar refractivity (Wildman–Crippen MR) is 154 cm³/mol. The van der Waals surface area contributed by atoms with Crippen LogP contribution in [0.5, 0.6) is 0 Å². The lowest BCUT2D eigenvalue weighted by Crippen LogP contribution is -2.11. The summed E-state index contributed by atoms with van der Waals surface area (Å²) >= 11 is 0. The number of benzene rings is 2. The third-order valence-electron chi connectivity index (χ3n) is 7.48. The van der Waals surface area contributed by atoms with E-state index in [-0.39, 0.29) is 0 Å². The monoisotopic (exact) mass is 487 g/mol. The molecule has 5 aromatic rings. The van der Waals surface area contributed by atoms with Crippen molar-refractivity contribution >= 4 is 0 Å². The molecule has 0 aliphatic heterocycles. The van der Waals surface area contributed by atoms with E-state index in [1.165, 1.54) is 52.3 Å². The summed E-state index contributed by atoms with van der Waals surface area (Å²) in [5.41, 5.74) is 8.92. The second kappa shape index (κ2) is 11.0. The number of rotatable bonds is 9. The van der Waals surface area contributed by atoms with Crippen molar-refractivity contribution < 1.29 is 0 Å². The maximum Gasteiger partial charge on any atom is 0.139 e. The van der Waals surface area contributed by atoms with Crippen LogP contribution < -0.4 is 0 Å². The average Bonchev–Trinajstić information content (AvgIpc) is 3.44. The highest BCUT2D eigenvalue weighted by Crippen LogP contribution is 2.33. The first kappa shape index (κ1) is 24.8. The molecule has 0 amide bonds. The van der Waals surface area contributed by atoms with Crippen molar-refractivity contribution in [3.05, 3.63) is 137 Å². The van der Waals surface area contributed by atoms with Crippen molar-refractivity contribution in [1.82, 2.24) is 14.1 Å². The number of unbranched alkanes of at least 4 members (excludes halogenated alkanes) is 1. The molecule has 3 heteroatoms. The molecule has 0 aliphatic rings. The Balaban J connectivity index is 1.55. The number of pyridine rings is 1. The van der Waals surface area contributed by atoms with Gasteiger partial charge >= 0.3 is 0 Å². The van der Waals surface area contributed by atoms with Crippen LogP contribution in [0.4, 0.5) is 0 Å². The molecular weight excluding hydrogens is 450 g/mol. The summed E-state index contributed by atoms with van der Waals surface area (Å²) < 4.78 is 4.55. The van der Waals surface area contributed by atoms with E-state index in [1.807, 2.05) is 0 Å². The van der Waals surface area contributed by atoms with E-state index in [4.69, 9.17) is 4.98 Å². The largest absolute Gasteiger partial charge is 0.303 e. The molecule has 0 aliphatic carbocycles. The second-order valence-corrected chi connectivity index (χ2v) is 10.2. The van der Waals surface area contributed by atoms with Crippen LogP contribution in [0, 0.1) is 27.7 Å². The zero-order valence-electron chi connectivity index (χ0n) is 22.5. The van der Waals surface area contributed by atoms with Gasteiger partial charge in [0.1, 0.15) is 11.6 Å². The Bertz CT molecular complexity index is 1350. The van der Waals surface area contributed by atoms with E-state index in [9.17, 15) is 0 Å². The molecule has 0 radical (unpaired) electrons. The number of hydrogen-bond acceptors (Lipinski definition) is 1. The van der Waals surface area contributed by atoms with Crippen molar-refractivity contribution in [2.45, 2.75) is 59.3 Å². The minimum atomic E-state index is 0.310. The number of hydrogen-bond donors (Lipinski definition) is 0. The highest BCUT2D eigenvalue weighted by atomic mass is 15.1. The SMILES string of the molecule is Cc1ccc(C)n1-c1cc(C(CCCCc2ccccc2)c2ccccc2)cc(-n2c(C)ccc2C)n1. The van der Waals surface area contributed by atoms with E-state index >= 15 is 0 Å². The molecule has 0 bridgehead atoms. The zero-order valence-corrected chi connectivity index (χ0v) is 22.5. The standard InChI is InChI=1S/C34H37N3/c1-25-19-20-26(2)36(25)33-23-31(24-34(35-33)37-27(3)21-22-28(37)4)32(30-16-9-6-10-17-30)18-12-11-15-29-13-7-5-8-14-29/h5-10,13-14,16-17,19-24,32H,11-12,15,18H2,1-4H3. The van der Waals surface area contributed by atoms with Gasteiger partial charge in [0.05, 0.1) is 0 Å². The molecule has 5 rings (SSSR count). The van der Waals surface area contributed by atoms with Gasteiger partial charge in [-0.2, -0.15) is 0 Å². The summed E-state index contributed by atoms with van der Waals surface area (Å²) in [4.78, 5) is 5.20. The van der Waals surface area contributed by atoms with E-state index in [2.05, 4.69) is 134 Å². The van der Waals surface area contributed by atoms with Crippen LogP contribution in [0.2, 0.25) is 0 Å². The minimum absolute atomic E-state index is 0.310. The van der Waals surface area contributed by atoms with Gasteiger partial charge in [0.2, 0.25) is 0 Å². The first-order valence-corrected chi connectivity index (χ1v) is 13.4. The summed E-state index contributed by atoms with van der Waals surface area (Å²) in [6.45, 7) is 8.63. The molecule has 0 saturated heterocycles. The van der Waals surface area contributed by atoms with Crippen molar-refractivity contribution in [2.75, 3.05) is 0 Å². The van der Waals surface area contributed by atoms with Gasteiger partial charge in [-0.25, -0.2) is 4.98 Å². The molecule has 37 heavy (non-hydrogen) atoms. The molecule has 0 saturated carbocycles. The van der Waals surface area contributed by atoms with Crippen LogP contribution in [0.25, 0.3) is 11.6 Å². The van der Waals surface area contributed by atoms with Gasteiger partial charge in [0, 0.05) is 28.7 Å². The van der Waals surface area contributed by atoms with Crippen molar-refractivity contribution in [3.8, 4) is 11.6 Å². The summed E-state index contributed by atoms with van der Waals surface area (Å²) in [5, 5.41) is 0. The lowest BCUT2D eigenvalue weighted by molar-refractivity contribution is 0.624. The van der Waals surface area contributed by atoms with Gasteiger partial charge in [-0.3, -0.25) is 0 Å². The van der Waals surface area contributed by atoms with E-state index in [0.29, 0.717) is 5.92 Å². The van der Waals surface area contributed by atoms with E-state index < -0.39 is 0 Å². The van der Waals surface area contributed by atoms with Crippen LogP contribution in [0.15, 0.2) is 97.1 Å². The van der Waals surface area contributed by atoms with Crippen molar-refractivity contribution in [1.29, 1.82) is 0 Å². The molecule has 2 aromatic carbocycles. The maximum absolute atomic E-state index is 5.20. The highest BCUT2D eigenvalue weighted by molar-refractivity contribution is 5.46. The van der Waals surface area contributed by atoms with Gasteiger partial charge in [-0.1, -0.05) is 67.1 Å². The Morgan fingerprint density at radius 1 is 0.568 bits per heavy atom. The van der Waals surface area contributed by atoms with Crippen LogP contribution in [0.3, 0.4) is 0 Å². The Morgan fingerprint density at radius 2 is 1.05 bits per heavy atom. The van der Waals surface area contributed by atoms with Gasteiger partial charge in [-0.15, -0.1) is 0 Å². The van der Waals surface area contributed by atoms with E-state index in [1.54, 1.807) is 0 Å². The Labute approximate surface area is 221 Å². The van der Waals surface area contributed by atoms with E-state index in [0.717, 1.165) is 24.5 Å². The molecule has 0 fully saturated rings. The molecule has 3 heterocycles. The van der Waals surface area contributed by atoms with Gasteiger partial charge in [-0.05, 0) is 100 Å². The molecule has 0 spiro atoms. The van der Waals surface area contributed by atoms with Crippen molar-refractivity contribution in [3.63, 3.8) is 0 Å². The number of nitrogens with zero attached hydrogens (tertiary/aromatic N) is 3. The third kappa shape index (κ3) is 5.46. The number of aromatic nitrogens is 3. The molecule has 0 N–H and O–H groups in total. The quantitative estimate of drug-likeness (QED) is 0.191. The smallest absolute Gasteiger partial charge is 0.139 e. The van der Waals surface area contributed by atoms with Gasteiger partial charge in [0.15, 0.2) is 0 Å². The predicted octanol–water partition coefficient (Wildman–Crippen LogP) is 8.44. The lowest BCUT2D eigenvalue weighted by atomic mass is 9.86. The lowest BCUT2D eigenvalue weighted by Gasteiger charge is -2.22. The fraction of sp³-hybridized carbons (Fsp3) is 0.265. The van der Waals surface area contributed by atoms with Crippen LogP contribution >= 0.6 is 0 Å². The zero-order chi connectivity index (χ0) is 25.8. The van der Waals surface area contributed by atoms with Crippen molar-refractivity contribution in [2.24, 2.45) is 0 Å². The van der Waals surface area contributed by atoms with Crippen LogP contribution in [-0.4, -0.2) is 14.1 Å². The topological polar surface area (TPSA) is 22.8 Å². The average molecular weight is 488 g/mol. The molecule has 1 atom stereocenters. The summed E-state index contributed by atoms with van der Waals surface area (Å²) in [6, 6.07) is 35.2. The van der Waals surface area contributed by atoms with Gasteiger partial charge in [0.25, 0.3) is 0 Å². The van der Waals surface area contributed by atoms with Crippen LogP contribution in [-0.2, 0) is 6.42 Å².